The van der Waals surface area contributed by atoms with E-state index < -0.39 is 6.10 Å². The van der Waals surface area contributed by atoms with Crippen molar-refractivity contribution >= 4 is 0 Å². The van der Waals surface area contributed by atoms with Crippen molar-refractivity contribution in [1.82, 2.24) is 5.32 Å². The summed E-state index contributed by atoms with van der Waals surface area (Å²) in [4.78, 5) is 0. The molecule has 0 aromatic heterocycles. The van der Waals surface area contributed by atoms with Crippen molar-refractivity contribution in [3.63, 3.8) is 0 Å². The van der Waals surface area contributed by atoms with E-state index >= 15 is 0 Å². The Morgan fingerprint density at radius 1 is 1.36 bits per heavy atom. The topological polar surface area (TPSA) is 41.5 Å². The van der Waals surface area contributed by atoms with Crippen molar-refractivity contribution in [2.45, 2.75) is 6.10 Å². The predicted octanol–water partition coefficient (Wildman–Crippen LogP) is 0.850. The van der Waals surface area contributed by atoms with E-state index in [-0.39, 0.29) is 0 Å². The molecule has 14 heavy (non-hydrogen) atoms. The number of hydrogen-bond acceptors (Lipinski definition) is 3. The minimum absolute atomic E-state index is 0.303. The fourth-order valence-electron chi connectivity index (χ4n) is 1.04. The maximum absolute atomic E-state index is 9.43. The van der Waals surface area contributed by atoms with Gasteiger partial charge in [0.05, 0.1) is 0 Å². The molecule has 0 fully saturated rings. The quantitative estimate of drug-likeness (QED) is 0.705. The SMILES string of the molecule is [CH2]CNCC(O)COc1ccccc1. The van der Waals surface area contributed by atoms with Gasteiger partial charge in [-0.3, -0.25) is 0 Å². The van der Waals surface area contributed by atoms with Gasteiger partial charge in [0.1, 0.15) is 18.5 Å². The molecule has 3 heteroatoms. The molecule has 0 aliphatic carbocycles. The standard InChI is InChI=1S/C11H16NO2/c1-2-12-8-10(13)9-14-11-6-4-3-5-7-11/h3-7,10,12-13H,1-2,8-9H2. The van der Waals surface area contributed by atoms with E-state index in [0.717, 1.165) is 5.75 Å². The fourth-order valence-corrected chi connectivity index (χ4v) is 1.04. The van der Waals surface area contributed by atoms with Gasteiger partial charge >= 0.3 is 0 Å². The Morgan fingerprint density at radius 2 is 2.07 bits per heavy atom. The minimum atomic E-state index is -0.489. The molecule has 1 aromatic rings. The molecular weight excluding hydrogens is 178 g/mol. The van der Waals surface area contributed by atoms with Crippen LogP contribution in [0.25, 0.3) is 0 Å². The largest absolute Gasteiger partial charge is 0.491 e. The highest BCUT2D eigenvalue weighted by atomic mass is 16.5. The summed E-state index contributed by atoms with van der Waals surface area (Å²) in [5.74, 6) is 0.779. The second-order valence-corrected chi connectivity index (χ2v) is 2.98. The van der Waals surface area contributed by atoms with Crippen molar-refractivity contribution < 1.29 is 9.84 Å². The molecule has 0 amide bonds. The molecule has 1 aromatic carbocycles. The molecule has 0 saturated heterocycles. The van der Waals surface area contributed by atoms with Gasteiger partial charge in [-0.1, -0.05) is 18.2 Å². The van der Waals surface area contributed by atoms with E-state index in [9.17, 15) is 5.11 Å². The van der Waals surface area contributed by atoms with Crippen LogP contribution in [0, 0.1) is 6.92 Å². The number of rotatable bonds is 6. The van der Waals surface area contributed by atoms with E-state index in [1.54, 1.807) is 0 Å². The van der Waals surface area contributed by atoms with Gasteiger partial charge in [-0.2, -0.15) is 0 Å². The third-order valence-electron chi connectivity index (χ3n) is 1.74. The summed E-state index contributed by atoms with van der Waals surface area (Å²) >= 11 is 0. The molecule has 2 N–H and O–H groups in total. The Morgan fingerprint density at radius 3 is 2.71 bits per heavy atom. The van der Waals surface area contributed by atoms with Gasteiger partial charge in [0, 0.05) is 6.54 Å². The summed E-state index contributed by atoms with van der Waals surface area (Å²) in [7, 11) is 0. The molecular formula is C11H16NO2. The van der Waals surface area contributed by atoms with E-state index in [4.69, 9.17) is 4.74 Å². The fraction of sp³-hybridized carbons (Fsp3) is 0.364. The van der Waals surface area contributed by atoms with Crippen LogP contribution in [-0.2, 0) is 0 Å². The zero-order valence-electron chi connectivity index (χ0n) is 8.15. The van der Waals surface area contributed by atoms with E-state index in [1.807, 2.05) is 30.3 Å². The van der Waals surface area contributed by atoms with Crippen molar-refractivity contribution in [2.24, 2.45) is 0 Å². The van der Waals surface area contributed by atoms with E-state index in [0.29, 0.717) is 19.7 Å². The van der Waals surface area contributed by atoms with Crippen LogP contribution in [-0.4, -0.2) is 30.9 Å². The molecule has 0 spiro atoms. The highest BCUT2D eigenvalue weighted by Crippen LogP contribution is 2.08. The lowest BCUT2D eigenvalue weighted by Crippen LogP contribution is -2.31. The smallest absolute Gasteiger partial charge is 0.119 e. The van der Waals surface area contributed by atoms with Crippen LogP contribution in [0.2, 0.25) is 0 Å². The Kier molecular flexibility index (Phi) is 5.04. The third kappa shape index (κ3) is 4.25. The van der Waals surface area contributed by atoms with Gasteiger partial charge in [-0.15, -0.1) is 0 Å². The van der Waals surface area contributed by atoms with E-state index in [1.165, 1.54) is 0 Å². The van der Waals surface area contributed by atoms with Crippen LogP contribution >= 0.6 is 0 Å². The number of hydrogen-bond donors (Lipinski definition) is 2. The molecule has 1 radical (unpaired) electrons. The van der Waals surface area contributed by atoms with Crippen molar-refractivity contribution in [3.8, 4) is 5.75 Å². The van der Waals surface area contributed by atoms with Crippen LogP contribution < -0.4 is 10.1 Å². The van der Waals surface area contributed by atoms with Gasteiger partial charge in [0.2, 0.25) is 0 Å². The molecule has 0 heterocycles. The van der Waals surface area contributed by atoms with Crippen LogP contribution in [0.1, 0.15) is 0 Å². The first-order chi connectivity index (χ1) is 6.83. The molecule has 0 saturated carbocycles. The second kappa shape index (κ2) is 6.40. The lowest BCUT2D eigenvalue weighted by Gasteiger charge is -2.12. The van der Waals surface area contributed by atoms with Crippen LogP contribution in [0.5, 0.6) is 5.75 Å². The number of benzene rings is 1. The number of ether oxygens (including phenoxy) is 1. The van der Waals surface area contributed by atoms with Gasteiger partial charge in [-0.05, 0) is 25.6 Å². The van der Waals surface area contributed by atoms with Crippen LogP contribution in [0.15, 0.2) is 30.3 Å². The summed E-state index contributed by atoms with van der Waals surface area (Å²) in [6.07, 6.45) is -0.489. The number of para-hydroxylation sites is 1. The first kappa shape index (κ1) is 11.0. The summed E-state index contributed by atoms with van der Waals surface area (Å²) in [6, 6.07) is 9.45. The highest BCUT2D eigenvalue weighted by Gasteiger charge is 2.03. The zero-order valence-corrected chi connectivity index (χ0v) is 8.15. The molecule has 0 aliphatic heterocycles. The number of aliphatic hydroxyl groups is 1. The molecule has 1 rings (SSSR count). The second-order valence-electron chi connectivity index (χ2n) is 2.98. The van der Waals surface area contributed by atoms with Crippen molar-refractivity contribution in [3.05, 3.63) is 37.3 Å². The Balaban J connectivity index is 2.20. The average Bonchev–Trinajstić information content (AvgIpc) is 2.25. The maximum Gasteiger partial charge on any atom is 0.119 e. The van der Waals surface area contributed by atoms with Gasteiger partial charge < -0.3 is 15.2 Å². The van der Waals surface area contributed by atoms with Crippen LogP contribution in [0.3, 0.4) is 0 Å². The average molecular weight is 194 g/mol. The Labute approximate surface area is 84.7 Å². The number of nitrogens with one attached hydrogen (secondary N) is 1. The molecule has 1 atom stereocenters. The first-order valence-electron chi connectivity index (χ1n) is 4.69. The minimum Gasteiger partial charge on any atom is -0.491 e. The maximum atomic E-state index is 9.43. The summed E-state index contributed by atoms with van der Waals surface area (Å²) in [6.45, 7) is 5.04. The number of aliphatic hydroxyl groups excluding tert-OH is 1. The Bertz CT molecular complexity index is 238. The summed E-state index contributed by atoms with van der Waals surface area (Å²) in [5, 5.41) is 12.4. The third-order valence-corrected chi connectivity index (χ3v) is 1.74. The molecule has 0 aliphatic rings. The van der Waals surface area contributed by atoms with Crippen molar-refractivity contribution in [1.29, 1.82) is 0 Å². The summed E-state index contributed by atoms with van der Waals surface area (Å²) < 4.78 is 5.35. The predicted molar refractivity (Wildman–Crippen MR) is 56.2 cm³/mol. The summed E-state index contributed by atoms with van der Waals surface area (Å²) in [5.41, 5.74) is 0. The first-order valence-corrected chi connectivity index (χ1v) is 4.69. The van der Waals surface area contributed by atoms with Gasteiger partial charge in [-0.25, -0.2) is 0 Å². The van der Waals surface area contributed by atoms with Gasteiger partial charge in [0.25, 0.3) is 0 Å². The highest BCUT2D eigenvalue weighted by molar-refractivity contribution is 5.20. The monoisotopic (exact) mass is 194 g/mol. The molecule has 77 valence electrons. The molecule has 1 unspecified atom stereocenters. The normalized spacial score (nSPS) is 12.4. The lowest BCUT2D eigenvalue weighted by molar-refractivity contribution is 0.107. The van der Waals surface area contributed by atoms with Gasteiger partial charge in [0.15, 0.2) is 0 Å². The molecule has 0 bridgehead atoms. The molecule has 3 nitrogen and oxygen atoms in total. The van der Waals surface area contributed by atoms with Crippen molar-refractivity contribution in [2.75, 3.05) is 19.7 Å². The zero-order chi connectivity index (χ0) is 10.2. The van der Waals surface area contributed by atoms with E-state index in [2.05, 4.69) is 12.2 Å². The Hall–Kier alpha value is -1.06. The lowest BCUT2D eigenvalue weighted by atomic mass is 10.3. The van der Waals surface area contributed by atoms with Crippen LogP contribution in [0.4, 0.5) is 0 Å².